The quantitative estimate of drug-likeness (QED) is 0.743. The molecule has 1 aliphatic carbocycles. The number of benzene rings is 1. The van der Waals surface area contributed by atoms with Gasteiger partial charge in [0.2, 0.25) is 11.8 Å². The van der Waals surface area contributed by atoms with Crippen LogP contribution < -0.4 is 16.0 Å². The Hall–Kier alpha value is -2.67. The Labute approximate surface area is 149 Å². The molecule has 25 heavy (non-hydrogen) atoms. The van der Waals surface area contributed by atoms with E-state index in [1.165, 1.54) is 11.3 Å². The van der Waals surface area contributed by atoms with Crippen LogP contribution in [0, 0.1) is 12.8 Å². The zero-order chi connectivity index (χ0) is 17.8. The van der Waals surface area contributed by atoms with Crippen molar-refractivity contribution in [1.29, 1.82) is 0 Å². The van der Waals surface area contributed by atoms with E-state index in [1.54, 1.807) is 30.3 Å². The highest BCUT2D eigenvalue weighted by Crippen LogP contribution is 2.30. The summed E-state index contributed by atoms with van der Waals surface area (Å²) in [5.41, 5.74) is 1.22. The normalized spacial score (nSPS) is 13.2. The summed E-state index contributed by atoms with van der Waals surface area (Å²) in [6, 6.07) is 10.6. The van der Waals surface area contributed by atoms with E-state index in [-0.39, 0.29) is 30.2 Å². The van der Waals surface area contributed by atoms with Crippen LogP contribution in [0.2, 0.25) is 0 Å². The van der Waals surface area contributed by atoms with Gasteiger partial charge in [-0.25, -0.2) is 0 Å². The number of hydrogen-bond acceptors (Lipinski definition) is 4. The van der Waals surface area contributed by atoms with E-state index in [0.29, 0.717) is 16.3 Å². The highest BCUT2D eigenvalue weighted by Gasteiger charge is 2.29. The SMILES string of the molecule is Cc1ccc(C(=O)NCC(=O)Nc2cccc(NC(=O)C3CC3)c2)s1. The van der Waals surface area contributed by atoms with Gasteiger partial charge in [0.1, 0.15) is 0 Å². The molecule has 3 amide bonds. The highest BCUT2D eigenvalue weighted by atomic mass is 32.1. The zero-order valence-corrected chi connectivity index (χ0v) is 14.6. The number of nitrogens with one attached hydrogen (secondary N) is 3. The first-order valence-corrected chi connectivity index (χ1v) is 8.88. The minimum atomic E-state index is -0.327. The molecule has 1 saturated carbocycles. The standard InChI is InChI=1S/C18H19N3O3S/c1-11-5-8-15(25-11)18(24)19-10-16(22)20-13-3-2-4-14(9-13)21-17(23)12-6-7-12/h2-5,8-9,12H,6-7,10H2,1H3,(H,19,24)(H,20,22)(H,21,23). The monoisotopic (exact) mass is 357 g/mol. The van der Waals surface area contributed by atoms with Crippen LogP contribution >= 0.6 is 11.3 Å². The summed E-state index contributed by atoms with van der Waals surface area (Å²) in [5.74, 6) is -0.456. The summed E-state index contributed by atoms with van der Waals surface area (Å²) in [5, 5.41) is 8.14. The van der Waals surface area contributed by atoms with Gasteiger partial charge in [-0.1, -0.05) is 6.07 Å². The number of hydrogen-bond donors (Lipinski definition) is 3. The fourth-order valence-electron chi connectivity index (χ4n) is 2.27. The minimum absolute atomic E-state index is 0.0157. The number of anilines is 2. The van der Waals surface area contributed by atoms with Crippen LogP contribution in [0.1, 0.15) is 27.4 Å². The molecule has 3 rings (SSSR count). The Morgan fingerprint density at radius 1 is 1.08 bits per heavy atom. The summed E-state index contributed by atoms with van der Waals surface area (Å²) in [6.45, 7) is 1.80. The molecule has 0 bridgehead atoms. The molecule has 0 radical (unpaired) electrons. The summed E-state index contributed by atoms with van der Waals surface area (Å²) < 4.78 is 0. The first kappa shape index (κ1) is 17.2. The summed E-state index contributed by atoms with van der Waals surface area (Å²) >= 11 is 1.38. The Kier molecular flexibility index (Phi) is 5.14. The first-order valence-electron chi connectivity index (χ1n) is 8.06. The van der Waals surface area contributed by atoms with Crippen LogP contribution in [0.15, 0.2) is 36.4 Å². The Morgan fingerprint density at radius 3 is 2.44 bits per heavy atom. The molecule has 6 nitrogen and oxygen atoms in total. The van der Waals surface area contributed by atoms with Crippen LogP contribution in [0.3, 0.4) is 0 Å². The largest absolute Gasteiger partial charge is 0.342 e. The number of thiophene rings is 1. The van der Waals surface area contributed by atoms with Crippen molar-refractivity contribution in [3.63, 3.8) is 0 Å². The molecule has 1 aliphatic rings. The Bertz CT molecular complexity index is 811. The molecule has 3 N–H and O–H groups in total. The predicted octanol–water partition coefficient (Wildman–Crippen LogP) is 2.77. The van der Waals surface area contributed by atoms with Gasteiger partial charge >= 0.3 is 0 Å². The van der Waals surface area contributed by atoms with Gasteiger partial charge in [-0.15, -0.1) is 11.3 Å². The van der Waals surface area contributed by atoms with Crippen molar-refractivity contribution in [2.75, 3.05) is 17.2 Å². The number of carbonyl (C=O) groups is 3. The van der Waals surface area contributed by atoms with Crippen molar-refractivity contribution in [2.24, 2.45) is 5.92 Å². The molecule has 0 aliphatic heterocycles. The summed E-state index contributed by atoms with van der Waals surface area (Å²) in [6.07, 6.45) is 1.87. The topological polar surface area (TPSA) is 87.3 Å². The lowest BCUT2D eigenvalue weighted by atomic mass is 10.2. The molecule has 0 spiro atoms. The molecule has 1 fully saturated rings. The maximum absolute atomic E-state index is 12.0. The zero-order valence-electron chi connectivity index (χ0n) is 13.8. The average Bonchev–Trinajstić information content (AvgIpc) is 3.34. The van der Waals surface area contributed by atoms with Crippen molar-refractivity contribution >= 4 is 40.4 Å². The van der Waals surface area contributed by atoms with E-state index >= 15 is 0 Å². The highest BCUT2D eigenvalue weighted by molar-refractivity contribution is 7.13. The van der Waals surface area contributed by atoms with Gasteiger partial charge in [-0.2, -0.15) is 0 Å². The maximum atomic E-state index is 12.0. The molecule has 1 aromatic heterocycles. The van der Waals surface area contributed by atoms with E-state index in [0.717, 1.165) is 17.7 Å². The number of aryl methyl sites for hydroxylation is 1. The lowest BCUT2D eigenvalue weighted by Gasteiger charge is -2.09. The second kappa shape index (κ2) is 7.48. The van der Waals surface area contributed by atoms with Crippen molar-refractivity contribution in [1.82, 2.24) is 5.32 Å². The molecular weight excluding hydrogens is 338 g/mol. The minimum Gasteiger partial charge on any atom is -0.342 e. The third-order valence-electron chi connectivity index (χ3n) is 3.74. The van der Waals surface area contributed by atoms with Gasteiger partial charge in [-0.05, 0) is 50.1 Å². The van der Waals surface area contributed by atoms with Gasteiger partial charge in [0.25, 0.3) is 5.91 Å². The summed E-state index contributed by atoms with van der Waals surface area (Å²) in [4.78, 5) is 37.3. The number of rotatable bonds is 6. The molecule has 0 atom stereocenters. The second-order valence-corrected chi connectivity index (χ2v) is 7.27. The fourth-order valence-corrected chi connectivity index (χ4v) is 3.06. The third kappa shape index (κ3) is 4.90. The van der Waals surface area contributed by atoms with Crippen LogP contribution in [0.25, 0.3) is 0 Å². The van der Waals surface area contributed by atoms with Crippen LogP contribution in [-0.4, -0.2) is 24.3 Å². The smallest absolute Gasteiger partial charge is 0.261 e. The van der Waals surface area contributed by atoms with E-state index in [2.05, 4.69) is 16.0 Å². The molecule has 1 heterocycles. The molecule has 130 valence electrons. The number of amides is 3. The van der Waals surface area contributed by atoms with Crippen LogP contribution in [0.5, 0.6) is 0 Å². The molecule has 2 aromatic rings. The Morgan fingerprint density at radius 2 is 1.80 bits per heavy atom. The molecular formula is C18H19N3O3S. The first-order chi connectivity index (χ1) is 12.0. The van der Waals surface area contributed by atoms with E-state index in [1.807, 2.05) is 13.0 Å². The van der Waals surface area contributed by atoms with E-state index < -0.39 is 0 Å². The van der Waals surface area contributed by atoms with Crippen LogP contribution in [-0.2, 0) is 9.59 Å². The Balaban J connectivity index is 1.50. The summed E-state index contributed by atoms with van der Waals surface area (Å²) in [7, 11) is 0. The van der Waals surface area contributed by atoms with Crippen LogP contribution in [0.4, 0.5) is 11.4 Å². The van der Waals surface area contributed by atoms with Gasteiger partial charge in [0.15, 0.2) is 0 Å². The molecule has 0 saturated heterocycles. The average molecular weight is 357 g/mol. The lowest BCUT2D eigenvalue weighted by Crippen LogP contribution is -2.32. The third-order valence-corrected chi connectivity index (χ3v) is 4.74. The lowest BCUT2D eigenvalue weighted by molar-refractivity contribution is -0.117. The molecule has 1 aromatic carbocycles. The van der Waals surface area contributed by atoms with Crippen molar-refractivity contribution < 1.29 is 14.4 Å². The van der Waals surface area contributed by atoms with Gasteiger partial charge < -0.3 is 16.0 Å². The van der Waals surface area contributed by atoms with Crippen molar-refractivity contribution in [3.05, 3.63) is 46.2 Å². The van der Waals surface area contributed by atoms with Gasteiger partial charge in [-0.3, -0.25) is 14.4 Å². The van der Waals surface area contributed by atoms with E-state index in [4.69, 9.17) is 0 Å². The number of carbonyl (C=O) groups excluding carboxylic acids is 3. The predicted molar refractivity (Wildman–Crippen MR) is 97.8 cm³/mol. The second-order valence-electron chi connectivity index (χ2n) is 5.99. The molecule has 7 heteroatoms. The maximum Gasteiger partial charge on any atom is 0.261 e. The van der Waals surface area contributed by atoms with Gasteiger partial charge in [0, 0.05) is 22.2 Å². The van der Waals surface area contributed by atoms with Crippen molar-refractivity contribution in [2.45, 2.75) is 19.8 Å². The fraction of sp³-hybridized carbons (Fsp3) is 0.278. The van der Waals surface area contributed by atoms with Crippen molar-refractivity contribution in [3.8, 4) is 0 Å². The van der Waals surface area contributed by atoms with E-state index in [9.17, 15) is 14.4 Å². The molecule has 0 unspecified atom stereocenters. The van der Waals surface area contributed by atoms with Gasteiger partial charge in [0.05, 0.1) is 11.4 Å².